The van der Waals surface area contributed by atoms with Gasteiger partial charge in [0, 0.05) is 28.5 Å². The number of benzene rings is 2. The zero-order chi connectivity index (χ0) is 19.6. The van der Waals surface area contributed by atoms with Crippen LogP contribution in [0.15, 0.2) is 96.3 Å². The molecule has 0 N–H and O–H groups in total. The third kappa shape index (κ3) is 2.17. The van der Waals surface area contributed by atoms with Gasteiger partial charge >= 0.3 is 0 Å². The van der Waals surface area contributed by atoms with Gasteiger partial charge in [0.2, 0.25) is 0 Å². The Morgan fingerprint density at radius 2 is 1.97 bits per heavy atom. The average molecular weight is 397 g/mol. The van der Waals surface area contributed by atoms with Crippen molar-refractivity contribution in [1.82, 2.24) is 0 Å². The lowest BCUT2D eigenvalue weighted by Gasteiger charge is -2.43. The van der Waals surface area contributed by atoms with Crippen LogP contribution < -0.4 is 4.74 Å². The number of ether oxygens (including phenoxy) is 1. The second-order valence-electron chi connectivity index (χ2n) is 8.17. The minimum Gasteiger partial charge on any atom is -0.461 e. The molecule has 2 aromatic rings. The summed E-state index contributed by atoms with van der Waals surface area (Å²) < 4.78 is 6.48. The van der Waals surface area contributed by atoms with E-state index < -0.39 is 0 Å². The largest absolute Gasteiger partial charge is 0.461 e. The molecule has 142 valence electrons. The first-order valence-corrected chi connectivity index (χ1v) is 10.6. The Bertz CT molecular complexity index is 1190. The van der Waals surface area contributed by atoms with Gasteiger partial charge in [0.25, 0.3) is 0 Å². The molecule has 0 saturated carbocycles. The zero-order valence-corrected chi connectivity index (χ0v) is 16.9. The van der Waals surface area contributed by atoms with Crippen LogP contribution in [0, 0.1) is 5.92 Å². The van der Waals surface area contributed by atoms with Crippen LogP contribution in [0.5, 0.6) is 5.75 Å². The highest BCUT2D eigenvalue weighted by molar-refractivity contribution is 6.30. The molecule has 4 aliphatic rings. The summed E-state index contributed by atoms with van der Waals surface area (Å²) in [5, 5.41) is 0.742. The van der Waals surface area contributed by atoms with Crippen molar-refractivity contribution in [3.63, 3.8) is 0 Å². The highest BCUT2D eigenvalue weighted by Crippen LogP contribution is 2.62. The zero-order valence-electron chi connectivity index (χ0n) is 16.1. The molecule has 3 aliphatic carbocycles. The first-order chi connectivity index (χ1) is 14.2. The topological polar surface area (TPSA) is 9.23 Å². The molecule has 2 aromatic carbocycles. The third-order valence-corrected chi connectivity index (χ3v) is 6.98. The number of allylic oxidation sites excluding steroid dienone is 9. The van der Waals surface area contributed by atoms with E-state index in [2.05, 4.69) is 61.2 Å². The summed E-state index contributed by atoms with van der Waals surface area (Å²) in [6, 6.07) is 14.9. The van der Waals surface area contributed by atoms with Crippen LogP contribution >= 0.6 is 11.6 Å². The summed E-state index contributed by atoms with van der Waals surface area (Å²) in [5.74, 6) is 2.26. The standard InChI is InChI=1S/C27H21ClO/c1-2-17-11-13-23-26(15-17)29-25-14-12-18(28)16-24(25)27(23)21-9-5-3-7-19(21)20-8-4-6-10-22(20)27/h2-3,5-7,9-14,16-17H,1,4,8,15H2. The SMILES string of the molecule is C=CC1C=CC2=C(C1)Oc1ccc(Cl)cc1C21C2=C(CCC=C2)c2ccccc21. The molecule has 1 nitrogen and oxygen atoms in total. The summed E-state index contributed by atoms with van der Waals surface area (Å²) in [6.45, 7) is 4.00. The molecule has 1 heterocycles. The van der Waals surface area contributed by atoms with Crippen LogP contribution in [-0.4, -0.2) is 0 Å². The fraction of sp³-hybridized carbons (Fsp3) is 0.185. The van der Waals surface area contributed by atoms with Crippen LogP contribution in [0.2, 0.25) is 5.02 Å². The number of halogens is 1. The van der Waals surface area contributed by atoms with Crippen LogP contribution in [0.25, 0.3) is 5.57 Å². The Balaban J connectivity index is 1.75. The van der Waals surface area contributed by atoms with Crippen molar-refractivity contribution < 1.29 is 4.74 Å². The Hall–Kier alpha value is -2.77. The molecule has 29 heavy (non-hydrogen) atoms. The summed E-state index contributed by atoms with van der Waals surface area (Å²) >= 11 is 6.52. The average Bonchev–Trinajstić information content (AvgIpc) is 3.06. The van der Waals surface area contributed by atoms with Crippen molar-refractivity contribution in [1.29, 1.82) is 0 Å². The van der Waals surface area contributed by atoms with Crippen molar-refractivity contribution in [2.45, 2.75) is 24.7 Å². The lowest BCUT2D eigenvalue weighted by Crippen LogP contribution is -2.36. The molecule has 0 aromatic heterocycles. The van der Waals surface area contributed by atoms with Gasteiger partial charge in [-0.25, -0.2) is 0 Å². The highest BCUT2D eigenvalue weighted by Gasteiger charge is 2.52. The molecule has 2 heteroatoms. The molecule has 2 atom stereocenters. The van der Waals surface area contributed by atoms with Crippen LogP contribution in [0.4, 0.5) is 0 Å². The summed E-state index contributed by atoms with van der Waals surface area (Å²) in [6.07, 6.45) is 14.2. The molecule has 1 spiro atoms. The van der Waals surface area contributed by atoms with Gasteiger partial charge in [-0.1, -0.05) is 66.2 Å². The maximum Gasteiger partial charge on any atom is 0.131 e. The number of rotatable bonds is 1. The summed E-state index contributed by atoms with van der Waals surface area (Å²) in [7, 11) is 0. The number of fused-ring (bicyclic) bond motifs is 7. The van der Waals surface area contributed by atoms with E-state index in [4.69, 9.17) is 16.3 Å². The van der Waals surface area contributed by atoms with Crippen molar-refractivity contribution in [2.24, 2.45) is 5.92 Å². The van der Waals surface area contributed by atoms with E-state index in [1.807, 2.05) is 18.2 Å². The third-order valence-electron chi connectivity index (χ3n) is 6.75. The van der Waals surface area contributed by atoms with E-state index >= 15 is 0 Å². The highest BCUT2D eigenvalue weighted by atomic mass is 35.5. The smallest absolute Gasteiger partial charge is 0.131 e. The molecule has 6 rings (SSSR count). The summed E-state index contributed by atoms with van der Waals surface area (Å²) in [4.78, 5) is 0. The van der Waals surface area contributed by atoms with E-state index in [0.717, 1.165) is 41.4 Å². The Morgan fingerprint density at radius 3 is 2.86 bits per heavy atom. The van der Waals surface area contributed by atoms with Crippen LogP contribution in [0.3, 0.4) is 0 Å². The van der Waals surface area contributed by atoms with Crippen molar-refractivity contribution in [3.8, 4) is 5.75 Å². The van der Waals surface area contributed by atoms with Gasteiger partial charge in [-0.15, -0.1) is 6.58 Å². The maximum atomic E-state index is 6.52. The molecule has 0 saturated heterocycles. The maximum absolute atomic E-state index is 6.52. The van der Waals surface area contributed by atoms with E-state index in [1.54, 1.807) is 0 Å². The van der Waals surface area contributed by atoms with Gasteiger partial charge in [-0.2, -0.15) is 0 Å². The van der Waals surface area contributed by atoms with Gasteiger partial charge in [-0.05, 0) is 53.3 Å². The Kier molecular flexibility index (Phi) is 3.61. The first kappa shape index (κ1) is 17.1. The summed E-state index contributed by atoms with van der Waals surface area (Å²) in [5.41, 5.74) is 7.58. The molecule has 0 fully saturated rings. The predicted molar refractivity (Wildman–Crippen MR) is 119 cm³/mol. The van der Waals surface area contributed by atoms with Crippen molar-refractivity contribution in [2.75, 3.05) is 0 Å². The fourth-order valence-corrected chi connectivity index (χ4v) is 5.73. The lowest BCUT2D eigenvalue weighted by molar-refractivity contribution is 0.353. The van der Waals surface area contributed by atoms with Crippen molar-refractivity contribution in [3.05, 3.63) is 118 Å². The van der Waals surface area contributed by atoms with Gasteiger partial charge in [0.15, 0.2) is 0 Å². The molecular formula is C27H21ClO. The Morgan fingerprint density at radius 1 is 1.07 bits per heavy atom. The number of hydrogen-bond acceptors (Lipinski definition) is 1. The lowest BCUT2D eigenvalue weighted by atomic mass is 9.63. The molecule has 0 amide bonds. The van der Waals surface area contributed by atoms with E-state index in [9.17, 15) is 0 Å². The van der Waals surface area contributed by atoms with Crippen LogP contribution in [0.1, 0.15) is 36.0 Å². The van der Waals surface area contributed by atoms with E-state index in [0.29, 0.717) is 5.92 Å². The monoisotopic (exact) mass is 396 g/mol. The molecular weight excluding hydrogens is 376 g/mol. The molecule has 0 bridgehead atoms. The van der Waals surface area contributed by atoms with Gasteiger partial charge in [0.1, 0.15) is 11.5 Å². The first-order valence-electron chi connectivity index (χ1n) is 10.3. The minimum absolute atomic E-state index is 0.298. The number of hydrogen-bond donors (Lipinski definition) is 0. The quantitative estimate of drug-likeness (QED) is 0.465. The normalized spacial score (nSPS) is 26.0. The minimum atomic E-state index is -0.362. The fourth-order valence-electron chi connectivity index (χ4n) is 5.55. The van der Waals surface area contributed by atoms with E-state index in [-0.39, 0.29) is 5.41 Å². The second-order valence-corrected chi connectivity index (χ2v) is 8.61. The van der Waals surface area contributed by atoms with Gasteiger partial charge in [-0.3, -0.25) is 0 Å². The molecule has 2 unspecified atom stereocenters. The molecule has 1 aliphatic heterocycles. The Labute approximate surface area is 176 Å². The van der Waals surface area contributed by atoms with E-state index in [1.165, 1.54) is 27.8 Å². The molecule has 0 radical (unpaired) electrons. The predicted octanol–water partition coefficient (Wildman–Crippen LogP) is 7.15. The van der Waals surface area contributed by atoms with Gasteiger partial charge in [0.05, 0.1) is 5.41 Å². The van der Waals surface area contributed by atoms with Crippen LogP contribution in [-0.2, 0) is 5.41 Å². The van der Waals surface area contributed by atoms with Gasteiger partial charge < -0.3 is 4.74 Å². The van der Waals surface area contributed by atoms with Crippen molar-refractivity contribution >= 4 is 17.2 Å². The second kappa shape index (κ2) is 6.11.